The van der Waals surface area contributed by atoms with E-state index in [0.29, 0.717) is 17.3 Å². The molecule has 2 heterocycles. The molecule has 2 aliphatic rings. The summed E-state index contributed by atoms with van der Waals surface area (Å²) >= 11 is 7.13. The Morgan fingerprint density at radius 1 is 1.07 bits per heavy atom. The van der Waals surface area contributed by atoms with E-state index in [-0.39, 0.29) is 34.6 Å². The first-order valence-corrected chi connectivity index (χ1v) is 15.5. The van der Waals surface area contributed by atoms with E-state index in [4.69, 9.17) is 26.2 Å². The molecule has 0 radical (unpaired) electrons. The van der Waals surface area contributed by atoms with E-state index in [1.807, 2.05) is 42.5 Å². The largest absolute Gasteiger partial charge is 0.326 e. The number of carbonyl (C=O) groups excluding carboxylic acids is 1. The van der Waals surface area contributed by atoms with Gasteiger partial charge in [0.25, 0.3) is 10.0 Å². The van der Waals surface area contributed by atoms with Crippen LogP contribution in [0.2, 0.25) is 5.02 Å². The van der Waals surface area contributed by atoms with Crippen molar-refractivity contribution in [1.29, 1.82) is 0 Å². The summed E-state index contributed by atoms with van der Waals surface area (Å²) in [7, 11) is -3.98. The Kier molecular flexibility index (Phi) is 8.57. The topological polar surface area (TPSA) is 110 Å². The summed E-state index contributed by atoms with van der Waals surface area (Å²) in [6, 6.07) is 23.2. The molecule has 0 aliphatic carbocycles. The second kappa shape index (κ2) is 12.1. The van der Waals surface area contributed by atoms with E-state index >= 15 is 0 Å². The quantitative estimate of drug-likeness (QED) is 0.290. The van der Waals surface area contributed by atoms with Crippen LogP contribution in [0.1, 0.15) is 30.4 Å². The van der Waals surface area contributed by atoms with Gasteiger partial charge in [-0.25, -0.2) is 5.01 Å². The lowest BCUT2D eigenvalue weighted by atomic mass is 9.90. The number of sulfonamides is 1. The summed E-state index contributed by atoms with van der Waals surface area (Å²) in [5, 5.41) is 10.00. The van der Waals surface area contributed by atoms with Crippen LogP contribution in [0.25, 0.3) is 0 Å². The SMILES string of the molecule is CSC(=NS(=O)(=O)c1ccc(Cl)cc1)N1CC(c2ccccc2)C(c2ccc(NC(=O)CC3OC(C)O3)cc2)=N1. The molecule has 1 amide bonds. The van der Waals surface area contributed by atoms with Gasteiger partial charge in [-0.15, -0.1) is 4.40 Å². The van der Waals surface area contributed by atoms with Gasteiger partial charge in [0.15, 0.2) is 17.7 Å². The molecule has 1 atom stereocenters. The molecule has 40 heavy (non-hydrogen) atoms. The molecule has 3 aromatic carbocycles. The summed E-state index contributed by atoms with van der Waals surface area (Å²) in [6.45, 7) is 2.18. The van der Waals surface area contributed by atoms with E-state index in [2.05, 4.69) is 9.71 Å². The third-order valence-corrected chi connectivity index (χ3v) is 8.65. The summed E-state index contributed by atoms with van der Waals surface area (Å²) < 4.78 is 40.8. The highest BCUT2D eigenvalue weighted by Gasteiger charge is 2.32. The summed E-state index contributed by atoms with van der Waals surface area (Å²) in [4.78, 5) is 12.4. The van der Waals surface area contributed by atoms with Crippen LogP contribution in [0, 0.1) is 0 Å². The number of thioether (sulfide) groups is 1. The molecular weight excluding hydrogens is 572 g/mol. The molecule has 2 aliphatic heterocycles. The minimum atomic E-state index is -3.98. The van der Waals surface area contributed by atoms with Crippen LogP contribution in [0.4, 0.5) is 5.69 Å². The number of amides is 1. The highest BCUT2D eigenvalue weighted by atomic mass is 35.5. The normalized spacial score (nSPS) is 21.1. The average Bonchev–Trinajstić information content (AvgIpc) is 3.37. The number of hydrogen-bond acceptors (Lipinski definition) is 7. The van der Waals surface area contributed by atoms with Crippen molar-refractivity contribution in [2.75, 3.05) is 18.1 Å². The fraction of sp³-hybridized carbons (Fsp3) is 0.250. The molecule has 0 saturated carbocycles. The first kappa shape index (κ1) is 28.3. The minimum absolute atomic E-state index is 0.0500. The van der Waals surface area contributed by atoms with Gasteiger partial charge >= 0.3 is 0 Å². The number of hydrogen-bond donors (Lipinski definition) is 1. The fourth-order valence-electron chi connectivity index (χ4n) is 4.40. The molecule has 1 unspecified atom stereocenters. The van der Waals surface area contributed by atoms with Gasteiger partial charge < -0.3 is 14.8 Å². The van der Waals surface area contributed by atoms with Crippen LogP contribution < -0.4 is 5.32 Å². The maximum Gasteiger partial charge on any atom is 0.284 e. The standard InChI is InChI=1S/C28H27ClN4O5S2/c1-18-37-26(38-18)16-25(34)30-22-12-8-20(9-13-22)27-24(19-6-4-3-5-7-19)17-33(31-27)28(39-2)32-40(35,36)23-14-10-21(29)11-15-23/h3-15,18,24,26H,16-17H2,1-2H3,(H,30,34). The Morgan fingerprint density at radius 2 is 1.75 bits per heavy atom. The maximum absolute atomic E-state index is 13.0. The second-order valence-electron chi connectivity index (χ2n) is 9.14. The summed E-state index contributed by atoms with van der Waals surface area (Å²) in [5.74, 6) is -0.342. The predicted octanol–water partition coefficient (Wildman–Crippen LogP) is 5.30. The molecular formula is C28H27ClN4O5S2. The van der Waals surface area contributed by atoms with Crippen molar-refractivity contribution >= 4 is 55.9 Å². The number of amidine groups is 1. The molecule has 1 N–H and O–H groups in total. The lowest BCUT2D eigenvalue weighted by molar-refractivity contribution is -0.373. The molecule has 3 aromatic rings. The van der Waals surface area contributed by atoms with Crippen LogP contribution in [0.5, 0.6) is 0 Å². The van der Waals surface area contributed by atoms with Gasteiger partial charge in [-0.2, -0.15) is 13.5 Å². The number of halogens is 1. The van der Waals surface area contributed by atoms with Crippen molar-refractivity contribution in [2.45, 2.75) is 36.7 Å². The van der Waals surface area contributed by atoms with E-state index < -0.39 is 16.3 Å². The predicted molar refractivity (Wildman–Crippen MR) is 157 cm³/mol. The highest BCUT2D eigenvalue weighted by Crippen LogP contribution is 2.31. The number of anilines is 1. The van der Waals surface area contributed by atoms with Gasteiger partial charge in [0.05, 0.1) is 23.6 Å². The number of ether oxygens (including phenoxy) is 2. The summed E-state index contributed by atoms with van der Waals surface area (Å²) in [5.41, 5.74) is 3.28. The fourth-order valence-corrected chi connectivity index (χ4v) is 6.33. The van der Waals surface area contributed by atoms with Gasteiger partial charge in [-0.05, 0) is 60.7 Å². The summed E-state index contributed by atoms with van der Waals surface area (Å²) in [6.07, 6.45) is 1.07. The number of carbonyl (C=O) groups is 1. The van der Waals surface area contributed by atoms with Crippen molar-refractivity contribution in [3.05, 3.63) is 95.0 Å². The van der Waals surface area contributed by atoms with Gasteiger partial charge in [-0.3, -0.25) is 4.79 Å². The van der Waals surface area contributed by atoms with Gasteiger partial charge in [0.1, 0.15) is 0 Å². The van der Waals surface area contributed by atoms with Crippen molar-refractivity contribution in [3.63, 3.8) is 0 Å². The van der Waals surface area contributed by atoms with E-state index in [1.165, 1.54) is 36.0 Å². The minimum Gasteiger partial charge on any atom is -0.326 e. The third-order valence-electron chi connectivity index (χ3n) is 6.33. The number of nitrogens with one attached hydrogen (secondary N) is 1. The number of benzene rings is 3. The van der Waals surface area contributed by atoms with Gasteiger partial charge in [0.2, 0.25) is 5.91 Å². The Balaban J connectivity index is 1.40. The molecule has 208 valence electrons. The lowest BCUT2D eigenvalue weighted by Gasteiger charge is -2.33. The van der Waals surface area contributed by atoms with Crippen molar-refractivity contribution in [2.24, 2.45) is 9.50 Å². The molecule has 0 aromatic heterocycles. The monoisotopic (exact) mass is 598 g/mol. The zero-order valence-electron chi connectivity index (χ0n) is 21.7. The number of nitrogens with zero attached hydrogens (tertiary/aromatic N) is 3. The molecule has 0 bridgehead atoms. The van der Waals surface area contributed by atoms with Crippen molar-refractivity contribution < 1.29 is 22.7 Å². The third kappa shape index (κ3) is 6.56. The van der Waals surface area contributed by atoms with Gasteiger partial charge in [-0.1, -0.05) is 65.8 Å². The highest BCUT2D eigenvalue weighted by molar-refractivity contribution is 8.13. The second-order valence-corrected chi connectivity index (χ2v) is 12.0. The first-order chi connectivity index (χ1) is 19.2. The van der Waals surface area contributed by atoms with E-state index in [9.17, 15) is 13.2 Å². The van der Waals surface area contributed by atoms with Gasteiger partial charge in [0, 0.05) is 16.6 Å². The van der Waals surface area contributed by atoms with Crippen LogP contribution in [0.15, 0.2) is 93.3 Å². The first-order valence-electron chi connectivity index (χ1n) is 12.5. The van der Waals surface area contributed by atoms with E-state index in [1.54, 1.807) is 30.3 Å². The zero-order chi connectivity index (χ0) is 28.3. The zero-order valence-corrected chi connectivity index (χ0v) is 24.1. The maximum atomic E-state index is 13.0. The van der Waals surface area contributed by atoms with Crippen LogP contribution in [-0.4, -0.2) is 55.6 Å². The van der Waals surface area contributed by atoms with Crippen LogP contribution in [-0.2, 0) is 24.3 Å². The molecule has 1 fully saturated rings. The van der Waals surface area contributed by atoms with Crippen molar-refractivity contribution in [1.82, 2.24) is 5.01 Å². The Labute approximate surface area is 242 Å². The van der Waals surface area contributed by atoms with E-state index in [0.717, 1.165) is 16.8 Å². The number of hydrazone groups is 1. The van der Waals surface area contributed by atoms with Crippen LogP contribution >= 0.6 is 23.4 Å². The number of rotatable bonds is 7. The molecule has 5 rings (SSSR count). The Hall–Kier alpha value is -3.22. The average molecular weight is 599 g/mol. The lowest BCUT2D eigenvalue weighted by Crippen LogP contribution is -2.41. The molecule has 0 spiro atoms. The Morgan fingerprint density at radius 3 is 2.38 bits per heavy atom. The molecule has 12 heteroatoms. The molecule has 9 nitrogen and oxygen atoms in total. The van der Waals surface area contributed by atoms with Crippen LogP contribution in [0.3, 0.4) is 0 Å². The van der Waals surface area contributed by atoms with Crippen molar-refractivity contribution in [3.8, 4) is 0 Å². The Bertz CT molecular complexity index is 1530. The molecule has 1 saturated heterocycles. The smallest absolute Gasteiger partial charge is 0.284 e.